The molecule has 8 aromatic carbocycles. The average Bonchev–Trinajstić information content (AvgIpc) is 3.91. The lowest BCUT2D eigenvalue weighted by atomic mass is 9.81. The molecule has 0 amide bonds. The molecule has 1 aliphatic rings. The second-order valence-electron chi connectivity index (χ2n) is 16.0. The van der Waals surface area contributed by atoms with Gasteiger partial charge in [0.15, 0.2) is 17.5 Å². The molecule has 0 saturated carbocycles. The van der Waals surface area contributed by atoms with Crippen molar-refractivity contribution < 1.29 is 0 Å². The molecule has 11 aromatic rings. The Bertz CT molecular complexity index is 3410. The highest BCUT2D eigenvalue weighted by molar-refractivity contribution is 7.26. The Kier molecular flexibility index (Phi) is 7.41. The first kappa shape index (κ1) is 33.9. The maximum atomic E-state index is 5.25. The van der Waals surface area contributed by atoms with Crippen molar-refractivity contribution in [2.45, 2.75) is 19.3 Å². The molecule has 59 heavy (non-hydrogen) atoms. The maximum Gasteiger partial charge on any atom is 0.164 e. The standard InChI is InChI=1S/C54H36N4S/c1-54(2)44-22-12-9-19-38(44)39-27-25-36(30-45(39)54)35-26-28-47-42(29-35)40-20-10-13-23-46(40)58(47)37-31-43(50-41-21-11-14-24-48(41)59-49(50)32-37)53-56-51(33-15-5-3-6-16-33)55-52(57-53)34-17-7-4-8-18-34/h3-32H,1-2H3. The summed E-state index contributed by atoms with van der Waals surface area (Å²) in [6, 6.07) is 65.4. The third-order valence-corrected chi connectivity index (χ3v) is 13.4. The molecule has 0 fully saturated rings. The van der Waals surface area contributed by atoms with E-state index in [-0.39, 0.29) is 5.41 Å². The van der Waals surface area contributed by atoms with Crippen LogP contribution in [0.5, 0.6) is 0 Å². The highest BCUT2D eigenvalue weighted by Gasteiger charge is 2.35. The first-order chi connectivity index (χ1) is 29.0. The highest BCUT2D eigenvalue weighted by Crippen LogP contribution is 2.50. The van der Waals surface area contributed by atoms with Crippen LogP contribution in [-0.4, -0.2) is 19.5 Å². The number of aromatic nitrogens is 4. The van der Waals surface area contributed by atoms with Gasteiger partial charge in [0.25, 0.3) is 0 Å². The molecule has 0 bridgehead atoms. The molecule has 0 aliphatic heterocycles. The molecule has 3 heterocycles. The number of benzene rings is 8. The van der Waals surface area contributed by atoms with E-state index >= 15 is 0 Å². The zero-order valence-corrected chi connectivity index (χ0v) is 33.3. The fraction of sp³-hybridized carbons (Fsp3) is 0.0556. The smallest absolute Gasteiger partial charge is 0.164 e. The van der Waals surface area contributed by atoms with Crippen LogP contribution in [0.1, 0.15) is 25.0 Å². The van der Waals surface area contributed by atoms with Gasteiger partial charge in [0.2, 0.25) is 0 Å². The topological polar surface area (TPSA) is 43.6 Å². The SMILES string of the molecule is CC1(C)c2ccccc2-c2ccc(-c3ccc4c(c3)c3ccccc3n4-c3cc(-c4nc(-c5ccccc5)nc(-c5ccccc5)n4)c4c(c3)sc3ccccc34)cc21. The fourth-order valence-corrected chi connectivity index (χ4v) is 10.6. The van der Waals surface area contributed by atoms with Crippen LogP contribution in [0, 0.1) is 0 Å². The minimum absolute atomic E-state index is 0.0622. The van der Waals surface area contributed by atoms with Gasteiger partial charge >= 0.3 is 0 Å². The van der Waals surface area contributed by atoms with Gasteiger partial charge < -0.3 is 4.57 Å². The van der Waals surface area contributed by atoms with Crippen molar-refractivity contribution >= 4 is 53.3 Å². The molecule has 0 atom stereocenters. The van der Waals surface area contributed by atoms with Crippen LogP contribution in [0.2, 0.25) is 0 Å². The number of rotatable bonds is 5. The van der Waals surface area contributed by atoms with Crippen LogP contribution in [-0.2, 0) is 5.41 Å². The summed E-state index contributed by atoms with van der Waals surface area (Å²) < 4.78 is 4.83. The largest absolute Gasteiger partial charge is 0.309 e. The van der Waals surface area contributed by atoms with E-state index in [9.17, 15) is 0 Å². The first-order valence-corrected chi connectivity index (χ1v) is 20.9. The average molecular weight is 773 g/mol. The Hall–Kier alpha value is -7.21. The molecule has 1 aliphatic carbocycles. The Balaban J connectivity index is 1.08. The van der Waals surface area contributed by atoms with Crippen LogP contribution in [0.4, 0.5) is 0 Å². The molecule has 3 aromatic heterocycles. The summed E-state index contributed by atoms with van der Waals surface area (Å²) in [6.45, 7) is 4.70. The van der Waals surface area contributed by atoms with Crippen molar-refractivity contribution in [2.75, 3.05) is 0 Å². The van der Waals surface area contributed by atoms with Crippen molar-refractivity contribution in [3.63, 3.8) is 0 Å². The van der Waals surface area contributed by atoms with Crippen LogP contribution in [0.15, 0.2) is 182 Å². The zero-order valence-electron chi connectivity index (χ0n) is 32.5. The molecular formula is C54H36N4S. The van der Waals surface area contributed by atoms with E-state index in [0.29, 0.717) is 17.5 Å². The van der Waals surface area contributed by atoms with E-state index < -0.39 is 0 Å². The van der Waals surface area contributed by atoms with E-state index in [1.54, 1.807) is 0 Å². The fourth-order valence-electron chi connectivity index (χ4n) is 9.39. The summed E-state index contributed by atoms with van der Waals surface area (Å²) in [6.07, 6.45) is 0. The normalized spacial score (nSPS) is 13.1. The quantitative estimate of drug-likeness (QED) is 0.175. The molecule has 4 nitrogen and oxygen atoms in total. The summed E-state index contributed by atoms with van der Waals surface area (Å²) in [5.74, 6) is 1.95. The number of fused-ring (bicyclic) bond motifs is 9. The second kappa shape index (κ2) is 12.9. The van der Waals surface area contributed by atoms with E-state index in [0.717, 1.165) is 38.8 Å². The Morgan fingerprint density at radius 1 is 0.407 bits per heavy atom. The van der Waals surface area contributed by atoms with Gasteiger partial charge in [-0.1, -0.05) is 153 Å². The minimum Gasteiger partial charge on any atom is -0.309 e. The first-order valence-electron chi connectivity index (χ1n) is 20.1. The molecule has 0 radical (unpaired) electrons. The summed E-state index contributed by atoms with van der Waals surface area (Å²) in [5.41, 5.74) is 14.1. The number of para-hydroxylation sites is 1. The van der Waals surface area contributed by atoms with Gasteiger partial charge in [-0.2, -0.15) is 0 Å². The summed E-state index contributed by atoms with van der Waals surface area (Å²) in [4.78, 5) is 15.5. The molecule has 0 unspecified atom stereocenters. The third kappa shape index (κ3) is 5.25. The number of nitrogens with zero attached hydrogens (tertiary/aromatic N) is 4. The number of hydrogen-bond acceptors (Lipinski definition) is 4. The van der Waals surface area contributed by atoms with E-state index in [1.807, 2.05) is 47.7 Å². The van der Waals surface area contributed by atoms with Gasteiger partial charge in [-0.05, 0) is 75.8 Å². The zero-order chi connectivity index (χ0) is 39.2. The predicted octanol–water partition coefficient (Wildman–Crippen LogP) is 14.3. The van der Waals surface area contributed by atoms with Crippen LogP contribution in [0.25, 0.3) is 104 Å². The molecule has 5 heteroatoms. The Morgan fingerprint density at radius 3 is 1.78 bits per heavy atom. The van der Waals surface area contributed by atoms with Gasteiger partial charge in [0.1, 0.15) is 0 Å². The van der Waals surface area contributed by atoms with Crippen molar-refractivity contribution in [3.05, 3.63) is 193 Å². The monoisotopic (exact) mass is 772 g/mol. The number of hydrogen-bond donors (Lipinski definition) is 0. The molecule has 0 spiro atoms. The molecular weight excluding hydrogens is 737 g/mol. The van der Waals surface area contributed by atoms with Crippen molar-refractivity contribution in [1.82, 2.24) is 19.5 Å². The van der Waals surface area contributed by atoms with Crippen LogP contribution >= 0.6 is 11.3 Å². The summed E-state index contributed by atoms with van der Waals surface area (Å²) in [7, 11) is 0. The maximum absolute atomic E-state index is 5.25. The highest BCUT2D eigenvalue weighted by atomic mass is 32.1. The lowest BCUT2D eigenvalue weighted by Crippen LogP contribution is -2.14. The van der Waals surface area contributed by atoms with E-state index in [4.69, 9.17) is 15.0 Å². The summed E-state index contributed by atoms with van der Waals surface area (Å²) >= 11 is 1.81. The van der Waals surface area contributed by atoms with Crippen molar-refractivity contribution in [3.8, 4) is 62.1 Å². The van der Waals surface area contributed by atoms with Crippen molar-refractivity contribution in [1.29, 1.82) is 0 Å². The third-order valence-electron chi connectivity index (χ3n) is 12.3. The number of thiophene rings is 1. The predicted molar refractivity (Wildman–Crippen MR) is 246 cm³/mol. The molecule has 0 N–H and O–H groups in total. The second-order valence-corrected chi connectivity index (χ2v) is 17.1. The van der Waals surface area contributed by atoms with Gasteiger partial charge in [-0.25, -0.2) is 15.0 Å². The minimum atomic E-state index is -0.0622. The molecule has 12 rings (SSSR count). The molecule has 0 saturated heterocycles. The van der Waals surface area contributed by atoms with Crippen LogP contribution in [0.3, 0.4) is 0 Å². The van der Waals surface area contributed by atoms with E-state index in [2.05, 4.69) is 164 Å². The van der Waals surface area contributed by atoms with Crippen molar-refractivity contribution in [2.24, 2.45) is 0 Å². The van der Waals surface area contributed by atoms with Gasteiger partial charge in [-0.15, -0.1) is 11.3 Å². The lowest BCUT2D eigenvalue weighted by Gasteiger charge is -2.22. The Labute approximate surface area is 345 Å². The van der Waals surface area contributed by atoms with Gasteiger partial charge in [0.05, 0.1) is 11.0 Å². The lowest BCUT2D eigenvalue weighted by molar-refractivity contribution is 0.660. The summed E-state index contributed by atoms with van der Waals surface area (Å²) in [5, 5.41) is 4.79. The van der Waals surface area contributed by atoms with E-state index in [1.165, 1.54) is 58.9 Å². The van der Waals surface area contributed by atoms with Gasteiger partial charge in [0, 0.05) is 58.7 Å². The van der Waals surface area contributed by atoms with Gasteiger partial charge in [-0.3, -0.25) is 0 Å². The van der Waals surface area contributed by atoms with Crippen LogP contribution < -0.4 is 0 Å². The Morgan fingerprint density at radius 2 is 1.00 bits per heavy atom. The molecule has 278 valence electrons.